The van der Waals surface area contributed by atoms with Crippen molar-refractivity contribution in [2.24, 2.45) is 5.41 Å². The van der Waals surface area contributed by atoms with Crippen molar-refractivity contribution in [3.8, 4) is 0 Å². The number of hydrogen-bond donors (Lipinski definition) is 0. The van der Waals surface area contributed by atoms with E-state index in [1.165, 1.54) is 12.1 Å². The smallest absolute Gasteiger partial charge is 0.166 e. The molecule has 0 aromatic heterocycles. The number of allylic oxidation sites excluding steroid dienone is 1. The van der Waals surface area contributed by atoms with Crippen LogP contribution in [-0.2, 0) is 12.6 Å². The molecule has 0 amide bonds. The van der Waals surface area contributed by atoms with E-state index in [9.17, 15) is 13.2 Å². The highest BCUT2D eigenvalue weighted by atomic mass is 35.5. The van der Waals surface area contributed by atoms with Crippen LogP contribution in [0.4, 0.5) is 13.2 Å². The molecule has 0 heterocycles. The molecule has 4 heteroatoms. The molecule has 0 radical (unpaired) electrons. The number of benzene rings is 1. The number of alkyl halides is 4. The van der Waals surface area contributed by atoms with Crippen LogP contribution in [0.3, 0.4) is 0 Å². The van der Waals surface area contributed by atoms with E-state index in [-0.39, 0.29) is 5.41 Å². The van der Waals surface area contributed by atoms with Gasteiger partial charge >= 0.3 is 6.18 Å². The molecule has 0 saturated carbocycles. The van der Waals surface area contributed by atoms with Gasteiger partial charge in [0.1, 0.15) is 0 Å². The quantitative estimate of drug-likeness (QED) is 0.546. The summed E-state index contributed by atoms with van der Waals surface area (Å²) in [6.45, 7) is 5.61. The van der Waals surface area contributed by atoms with Gasteiger partial charge in [0.05, 0.1) is 5.56 Å². The molecule has 1 aromatic carbocycles. The van der Waals surface area contributed by atoms with Crippen molar-refractivity contribution in [1.82, 2.24) is 0 Å². The molecular formula is C13H14ClF3. The molecule has 0 aliphatic rings. The van der Waals surface area contributed by atoms with Crippen LogP contribution in [0.1, 0.15) is 18.1 Å². The van der Waals surface area contributed by atoms with Crippen LogP contribution >= 0.6 is 11.6 Å². The largest absolute Gasteiger partial charge is 0.416 e. The fraction of sp³-hybridized carbons (Fsp3) is 0.385. The Morgan fingerprint density at radius 3 is 2.12 bits per heavy atom. The van der Waals surface area contributed by atoms with E-state index in [0.29, 0.717) is 12.3 Å². The van der Waals surface area contributed by atoms with Gasteiger partial charge in [-0.2, -0.15) is 13.2 Å². The van der Waals surface area contributed by atoms with Gasteiger partial charge in [0, 0.05) is 11.3 Å². The minimum atomic E-state index is -4.28. The first-order chi connectivity index (χ1) is 7.80. The first kappa shape index (κ1) is 14.1. The molecular weight excluding hydrogens is 249 g/mol. The van der Waals surface area contributed by atoms with Crippen molar-refractivity contribution >= 4 is 11.6 Å². The van der Waals surface area contributed by atoms with E-state index in [0.717, 1.165) is 17.7 Å². The molecule has 0 fully saturated rings. The normalized spacial score (nSPS) is 15.4. The summed E-state index contributed by atoms with van der Waals surface area (Å²) >= 11 is 5.81. The maximum absolute atomic E-state index is 12.4. The van der Waals surface area contributed by atoms with Crippen LogP contribution < -0.4 is 0 Å². The maximum atomic E-state index is 12.4. The second kappa shape index (κ2) is 5.13. The van der Waals surface area contributed by atoms with Gasteiger partial charge < -0.3 is 0 Å². The molecule has 0 saturated heterocycles. The van der Waals surface area contributed by atoms with E-state index in [1.807, 2.05) is 6.92 Å². The van der Waals surface area contributed by atoms with Gasteiger partial charge in [0.25, 0.3) is 0 Å². The Kier molecular flexibility index (Phi) is 4.26. The van der Waals surface area contributed by atoms with E-state index < -0.39 is 11.7 Å². The van der Waals surface area contributed by atoms with Crippen LogP contribution in [0.5, 0.6) is 0 Å². The van der Waals surface area contributed by atoms with Crippen LogP contribution in [-0.4, -0.2) is 5.88 Å². The van der Waals surface area contributed by atoms with Crippen LogP contribution in [0.25, 0.3) is 0 Å². The lowest BCUT2D eigenvalue weighted by Crippen LogP contribution is -2.18. The zero-order chi connectivity index (χ0) is 13.1. The predicted octanol–water partition coefficient (Wildman–Crippen LogP) is 4.68. The van der Waals surface area contributed by atoms with Gasteiger partial charge in [-0.05, 0) is 24.1 Å². The van der Waals surface area contributed by atoms with Crippen molar-refractivity contribution < 1.29 is 13.2 Å². The third-order valence-corrected chi connectivity index (χ3v) is 3.30. The molecule has 0 nitrogen and oxygen atoms in total. The van der Waals surface area contributed by atoms with Crippen molar-refractivity contribution in [2.75, 3.05) is 5.88 Å². The number of halogens is 4. The molecule has 1 unspecified atom stereocenters. The Morgan fingerprint density at radius 1 is 1.24 bits per heavy atom. The minimum absolute atomic E-state index is 0.290. The number of rotatable bonds is 4. The summed E-state index contributed by atoms with van der Waals surface area (Å²) in [6, 6.07) is 5.15. The minimum Gasteiger partial charge on any atom is -0.166 e. The predicted molar refractivity (Wildman–Crippen MR) is 64.2 cm³/mol. The summed E-state index contributed by atoms with van der Waals surface area (Å²) in [4.78, 5) is 0. The molecule has 0 aliphatic heterocycles. The van der Waals surface area contributed by atoms with E-state index in [4.69, 9.17) is 11.6 Å². The molecule has 1 aromatic rings. The monoisotopic (exact) mass is 262 g/mol. The molecule has 1 atom stereocenters. The van der Waals surface area contributed by atoms with Gasteiger partial charge in [0.2, 0.25) is 0 Å². The number of hydrogen-bond acceptors (Lipinski definition) is 0. The Morgan fingerprint density at radius 2 is 1.76 bits per heavy atom. The van der Waals surface area contributed by atoms with E-state index in [1.54, 1.807) is 6.08 Å². The molecule has 0 N–H and O–H groups in total. The van der Waals surface area contributed by atoms with Gasteiger partial charge in [-0.3, -0.25) is 0 Å². The summed E-state index contributed by atoms with van der Waals surface area (Å²) in [5, 5.41) is 0. The van der Waals surface area contributed by atoms with E-state index in [2.05, 4.69) is 6.58 Å². The molecule has 1 rings (SSSR count). The highest BCUT2D eigenvalue weighted by Crippen LogP contribution is 2.31. The standard InChI is InChI=1S/C13H14ClF3/c1-3-12(2,9-14)8-10-4-6-11(7-5-10)13(15,16)17/h3-7H,1,8-9H2,2H3. The van der Waals surface area contributed by atoms with Crippen LogP contribution in [0.15, 0.2) is 36.9 Å². The lowest BCUT2D eigenvalue weighted by Gasteiger charge is -2.22. The fourth-order valence-corrected chi connectivity index (χ4v) is 1.66. The van der Waals surface area contributed by atoms with Crippen molar-refractivity contribution in [3.63, 3.8) is 0 Å². The first-order valence-electron chi connectivity index (χ1n) is 5.16. The molecule has 0 aliphatic carbocycles. The SMILES string of the molecule is C=CC(C)(CCl)Cc1ccc(C(F)(F)F)cc1. The topological polar surface area (TPSA) is 0 Å². The molecule has 0 spiro atoms. The van der Waals surface area contributed by atoms with Crippen molar-refractivity contribution in [2.45, 2.75) is 19.5 Å². The summed E-state index contributed by atoms with van der Waals surface area (Å²) in [7, 11) is 0. The van der Waals surface area contributed by atoms with E-state index >= 15 is 0 Å². The second-order valence-electron chi connectivity index (χ2n) is 4.36. The highest BCUT2D eigenvalue weighted by molar-refractivity contribution is 6.18. The summed E-state index contributed by atoms with van der Waals surface area (Å²) in [5.74, 6) is 0.386. The van der Waals surface area contributed by atoms with Gasteiger partial charge in [-0.1, -0.05) is 25.1 Å². The summed E-state index contributed by atoms with van der Waals surface area (Å²) in [5.41, 5.74) is -0.102. The zero-order valence-electron chi connectivity index (χ0n) is 9.52. The zero-order valence-corrected chi connectivity index (χ0v) is 10.3. The lowest BCUT2D eigenvalue weighted by atomic mass is 9.85. The summed E-state index contributed by atoms with van der Waals surface area (Å²) < 4.78 is 37.1. The average molecular weight is 263 g/mol. The average Bonchev–Trinajstić information content (AvgIpc) is 2.28. The van der Waals surface area contributed by atoms with Gasteiger partial charge in [-0.25, -0.2) is 0 Å². The third kappa shape index (κ3) is 3.77. The Bertz CT molecular complexity index is 381. The van der Waals surface area contributed by atoms with Crippen LogP contribution in [0, 0.1) is 5.41 Å². The third-order valence-electron chi connectivity index (χ3n) is 2.69. The summed E-state index contributed by atoms with van der Waals surface area (Å²) in [6.07, 6.45) is -1.97. The Labute approximate surface area is 104 Å². The van der Waals surface area contributed by atoms with Gasteiger partial charge in [0.15, 0.2) is 0 Å². The molecule has 17 heavy (non-hydrogen) atoms. The second-order valence-corrected chi connectivity index (χ2v) is 4.63. The first-order valence-corrected chi connectivity index (χ1v) is 5.70. The van der Waals surface area contributed by atoms with Crippen molar-refractivity contribution in [1.29, 1.82) is 0 Å². The molecule has 94 valence electrons. The van der Waals surface area contributed by atoms with Crippen molar-refractivity contribution in [3.05, 3.63) is 48.0 Å². The Hall–Kier alpha value is -0.960. The maximum Gasteiger partial charge on any atom is 0.416 e. The van der Waals surface area contributed by atoms with Crippen LogP contribution in [0.2, 0.25) is 0 Å². The highest BCUT2D eigenvalue weighted by Gasteiger charge is 2.30. The lowest BCUT2D eigenvalue weighted by molar-refractivity contribution is -0.137. The Balaban J connectivity index is 2.86. The fourth-order valence-electron chi connectivity index (χ4n) is 1.45. The molecule has 0 bridgehead atoms. The van der Waals surface area contributed by atoms with Gasteiger partial charge in [-0.15, -0.1) is 18.2 Å².